The van der Waals surface area contributed by atoms with Crippen LogP contribution in [0.25, 0.3) is 0 Å². The van der Waals surface area contributed by atoms with Crippen molar-refractivity contribution < 1.29 is 14.6 Å². The molecule has 3 heterocycles. The van der Waals surface area contributed by atoms with Crippen molar-refractivity contribution in [1.82, 2.24) is 24.7 Å². The zero-order chi connectivity index (χ0) is 24.7. The monoisotopic (exact) mass is 465 g/mol. The maximum atomic E-state index is 13.5. The first-order chi connectivity index (χ1) is 16.3. The quantitative estimate of drug-likeness (QED) is 0.624. The Morgan fingerprint density at radius 1 is 1.29 bits per heavy atom. The minimum absolute atomic E-state index is 0.0265. The molecule has 0 radical (unpaired) electrons. The van der Waals surface area contributed by atoms with Crippen LogP contribution < -0.4 is 4.74 Å². The molecule has 0 spiro atoms. The smallest absolute Gasteiger partial charge is 0.259 e. The van der Waals surface area contributed by atoms with Gasteiger partial charge in [0.1, 0.15) is 11.7 Å². The molecule has 1 N–H and O–H groups in total. The van der Waals surface area contributed by atoms with Gasteiger partial charge >= 0.3 is 0 Å². The second-order valence-electron chi connectivity index (χ2n) is 9.26. The molecule has 0 bridgehead atoms. The molecule has 0 aliphatic carbocycles. The minimum Gasteiger partial charge on any atom is -0.472 e. The number of hydrogen-bond acceptors (Lipinski definition) is 7. The summed E-state index contributed by atoms with van der Waals surface area (Å²) in [6.07, 6.45) is 3.24. The van der Waals surface area contributed by atoms with Crippen molar-refractivity contribution in [2.24, 2.45) is 5.92 Å². The molecule has 3 rings (SSSR count). The van der Waals surface area contributed by atoms with Gasteiger partial charge < -0.3 is 14.7 Å². The Kier molecular flexibility index (Phi) is 8.99. The van der Waals surface area contributed by atoms with Gasteiger partial charge in [0.15, 0.2) is 0 Å². The summed E-state index contributed by atoms with van der Waals surface area (Å²) in [5, 5.41) is 9.82. The first kappa shape index (κ1) is 25.6. The average Bonchev–Trinajstić information content (AvgIpc) is 2.81. The molecular formula is C26H35N5O3. The Labute approximate surface area is 202 Å². The van der Waals surface area contributed by atoms with Gasteiger partial charge in [0.05, 0.1) is 24.9 Å². The molecule has 2 aromatic heterocycles. The highest BCUT2D eigenvalue weighted by atomic mass is 16.5. The summed E-state index contributed by atoms with van der Waals surface area (Å²) in [5.41, 5.74) is 2.02. The van der Waals surface area contributed by atoms with Gasteiger partial charge in [-0.25, -0.2) is 4.98 Å². The van der Waals surface area contributed by atoms with Gasteiger partial charge in [-0.05, 0) is 46.3 Å². The number of amides is 1. The highest BCUT2D eigenvalue weighted by Crippen LogP contribution is 2.27. The van der Waals surface area contributed by atoms with Crippen molar-refractivity contribution in [3.05, 3.63) is 53.5 Å². The molecule has 182 valence electrons. The number of carbonyl (C=O) groups excluding carboxylic acids is 1. The third-order valence-electron chi connectivity index (χ3n) is 5.80. The largest absolute Gasteiger partial charge is 0.472 e. The molecular weight excluding hydrogens is 430 g/mol. The Morgan fingerprint density at radius 3 is 2.76 bits per heavy atom. The third-order valence-corrected chi connectivity index (χ3v) is 5.80. The topological polar surface area (TPSA) is 82.0 Å². The highest BCUT2D eigenvalue weighted by Gasteiger charge is 2.34. The normalized spacial score (nSPS) is 19.1. The Balaban J connectivity index is 1.89. The van der Waals surface area contributed by atoms with Gasteiger partial charge in [0.25, 0.3) is 5.91 Å². The van der Waals surface area contributed by atoms with E-state index >= 15 is 0 Å². The van der Waals surface area contributed by atoms with Crippen LogP contribution in [0, 0.1) is 17.8 Å². The molecule has 0 saturated carbocycles. The first-order valence-corrected chi connectivity index (χ1v) is 11.6. The van der Waals surface area contributed by atoms with Crippen LogP contribution in [0.5, 0.6) is 5.88 Å². The van der Waals surface area contributed by atoms with E-state index in [9.17, 15) is 9.90 Å². The number of pyridine rings is 2. The number of aliphatic hydroxyl groups excluding tert-OH is 1. The lowest BCUT2D eigenvalue weighted by Gasteiger charge is -2.37. The number of aromatic nitrogens is 2. The van der Waals surface area contributed by atoms with Gasteiger partial charge in [0, 0.05) is 43.5 Å². The number of aliphatic hydroxyl groups is 1. The summed E-state index contributed by atoms with van der Waals surface area (Å²) in [6.45, 7) is 6.20. The van der Waals surface area contributed by atoms with Crippen LogP contribution in [0.3, 0.4) is 0 Å². The molecule has 1 aliphatic rings. The van der Waals surface area contributed by atoms with E-state index in [1.54, 1.807) is 23.4 Å². The van der Waals surface area contributed by atoms with E-state index in [2.05, 4.69) is 33.6 Å². The van der Waals surface area contributed by atoms with E-state index < -0.39 is 0 Å². The average molecular weight is 466 g/mol. The minimum atomic E-state index is -0.323. The van der Waals surface area contributed by atoms with Crippen molar-refractivity contribution in [2.75, 3.05) is 47.4 Å². The molecule has 8 heteroatoms. The van der Waals surface area contributed by atoms with E-state index in [0.29, 0.717) is 43.2 Å². The molecule has 3 atom stereocenters. The number of ether oxygens (including phenoxy) is 1. The van der Waals surface area contributed by atoms with Crippen LogP contribution in [-0.2, 0) is 6.54 Å². The second-order valence-corrected chi connectivity index (χ2v) is 9.26. The van der Waals surface area contributed by atoms with E-state index in [-0.39, 0.29) is 30.6 Å². The zero-order valence-corrected chi connectivity index (χ0v) is 20.7. The third kappa shape index (κ3) is 6.76. The van der Waals surface area contributed by atoms with Crippen molar-refractivity contribution in [1.29, 1.82) is 0 Å². The maximum absolute atomic E-state index is 13.5. The molecule has 34 heavy (non-hydrogen) atoms. The number of hydrogen-bond donors (Lipinski definition) is 1. The maximum Gasteiger partial charge on any atom is 0.259 e. The highest BCUT2D eigenvalue weighted by molar-refractivity contribution is 5.97. The summed E-state index contributed by atoms with van der Waals surface area (Å²) < 4.78 is 6.35. The lowest BCUT2D eigenvalue weighted by atomic mass is 10.00. The van der Waals surface area contributed by atoms with Crippen LogP contribution in [0.1, 0.15) is 35.5 Å². The van der Waals surface area contributed by atoms with Gasteiger partial charge in [-0.2, -0.15) is 0 Å². The Bertz CT molecular complexity index is 1020. The molecule has 8 nitrogen and oxygen atoms in total. The molecule has 0 unspecified atom stereocenters. The standard InChI is InChI=1S/C26H35N5O3/c1-19-15-31(20(2)18-32)26(33)23-13-21(9-8-12-29(3)4)14-28-25(23)34-24(19)17-30(5)16-22-10-6-7-11-27-22/h6-7,10-11,13-14,19-20,24,32H,12,15-18H2,1-5H3/t19-,20+,24+/m1/s1. The van der Waals surface area contributed by atoms with Crippen molar-refractivity contribution in [3.63, 3.8) is 0 Å². The van der Waals surface area contributed by atoms with E-state index in [1.165, 1.54) is 0 Å². The van der Waals surface area contributed by atoms with Crippen LogP contribution in [-0.4, -0.2) is 95.2 Å². The van der Waals surface area contributed by atoms with Gasteiger partial charge in [0.2, 0.25) is 5.88 Å². The van der Waals surface area contributed by atoms with Crippen LogP contribution >= 0.6 is 0 Å². The Hall–Kier alpha value is -2.99. The lowest BCUT2D eigenvalue weighted by Crippen LogP contribution is -2.49. The molecule has 0 saturated heterocycles. The van der Waals surface area contributed by atoms with Crippen LogP contribution in [0.2, 0.25) is 0 Å². The SMILES string of the molecule is C[C@@H]1CN([C@@H](C)CO)C(=O)c2cc(C#CCN(C)C)cnc2O[C@H]1CN(C)Cc1ccccn1. The molecule has 2 aromatic rings. The number of fused-ring (bicyclic) bond motifs is 1. The fourth-order valence-corrected chi connectivity index (χ4v) is 3.83. The van der Waals surface area contributed by atoms with Crippen molar-refractivity contribution >= 4 is 5.91 Å². The zero-order valence-electron chi connectivity index (χ0n) is 20.7. The van der Waals surface area contributed by atoms with E-state index in [4.69, 9.17) is 4.74 Å². The summed E-state index contributed by atoms with van der Waals surface area (Å²) >= 11 is 0. The van der Waals surface area contributed by atoms with Crippen LogP contribution in [0.4, 0.5) is 0 Å². The van der Waals surface area contributed by atoms with Gasteiger partial charge in [-0.1, -0.05) is 24.8 Å². The summed E-state index contributed by atoms with van der Waals surface area (Å²) in [5.74, 6) is 6.29. The molecule has 0 fully saturated rings. The first-order valence-electron chi connectivity index (χ1n) is 11.6. The fraction of sp³-hybridized carbons (Fsp3) is 0.500. The van der Waals surface area contributed by atoms with E-state index in [1.807, 2.05) is 51.2 Å². The van der Waals surface area contributed by atoms with Gasteiger partial charge in [-0.15, -0.1) is 0 Å². The number of carbonyl (C=O) groups is 1. The number of rotatable bonds is 7. The number of nitrogens with zero attached hydrogens (tertiary/aromatic N) is 5. The number of likely N-dealkylation sites (N-methyl/N-ethyl adjacent to an activating group) is 1. The molecule has 1 aliphatic heterocycles. The predicted octanol–water partition coefficient (Wildman–Crippen LogP) is 1.74. The van der Waals surface area contributed by atoms with Gasteiger partial charge in [-0.3, -0.25) is 19.6 Å². The van der Waals surface area contributed by atoms with Crippen molar-refractivity contribution in [3.8, 4) is 17.7 Å². The predicted molar refractivity (Wildman–Crippen MR) is 131 cm³/mol. The summed E-state index contributed by atoms with van der Waals surface area (Å²) in [6, 6.07) is 7.30. The van der Waals surface area contributed by atoms with E-state index in [0.717, 1.165) is 5.69 Å². The molecule has 0 aromatic carbocycles. The molecule has 1 amide bonds. The lowest BCUT2D eigenvalue weighted by molar-refractivity contribution is 0.0324. The van der Waals surface area contributed by atoms with Crippen LogP contribution in [0.15, 0.2) is 36.7 Å². The second kappa shape index (κ2) is 11.9. The Morgan fingerprint density at radius 2 is 2.09 bits per heavy atom. The summed E-state index contributed by atoms with van der Waals surface area (Å²) in [7, 11) is 5.93. The fourth-order valence-electron chi connectivity index (χ4n) is 3.83. The summed E-state index contributed by atoms with van der Waals surface area (Å²) in [4.78, 5) is 28.2. The van der Waals surface area contributed by atoms with Crippen molar-refractivity contribution in [2.45, 2.75) is 32.5 Å².